The minimum atomic E-state index is -1.15. The molecule has 2 aromatic rings. The van der Waals surface area contributed by atoms with Crippen molar-refractivity contribution in [2.24, 2.45) is 0 Å². The van der Waals surface area contributed by atoms with Crippen molar-refractivity contribution in [1.82, 2.24) is 0 Å². The van der Waals surface area contributed by atoms with Gasteiger partial charge in [0.25, 0.3) is 0 Å². The third-order valence-corrected chi connectivity index (χ3v) is 3.67. The van der Waals surface area contributed by atoms with E-state index in [0.29, 0.717) is 11.1 Å². The Bertz CT molecular complexity index is 778. The molecule has 0 atom stereocenters. The molecular weight excluding hydrogens is 276 g/mol. The SMILES string of the molecule is O=C(O)Cc1cc(O)c2c(c1O)-c1c(O)ccc(O)c1C2. The van der Waals surface area contributed by atoms with E-state index < -0.39 is 12.4 Å². The van der Waals surface area contributed by atoms with Crippen molar-refractivity contribution < 1.29 is 30.3 Å². The van der Waals surface area contributed by atoms with Gasteiger partial charge in [0.1, 0.15) is 23.0 Å². The Kier molecular flexibility index (Phi) is 2.69. The van der Waals surface area contributed by atoms with Crippen molar-refractivity contribution in [3.8, 4) is 34.1 Å². The average Bonchev–Trinajstić information content (AvgIpc) is 2.82. The van der Waals surface area contributed by atoms with Crippen LogP contribution in [0.3, 0.4) is 0 Å². The predicted molar refractivity (Wildman–Crippen MR) is 72.7 cm³/mol. The van der Waals surface area contributed by atoms with Gasteiger partial charge in [0.15, 0.2) is 0 Å². The molecule has 6 nitrogen and oxygen atoms in total. The number of carbonyl (C=O) groups is 1. The minimum Gasteiger partial charge on any atom is -0.508 e. The first-order chi connectivity index (χ1) is 9.90. The number of carboxylic acids is 1. The zero-order chi connectivity index (χ0) is 15.3. The normalized spacial score (nSPS) is 12.0. The number of rotatable bonds is 2. The molecule has 0 unspecified atom stereocenters. The lowest BCUT2D eigenvalue weighted by molar-refractivity contribution is -0.136. The third kappa shape index (κ3) is 1.84. The minimum absolute atomic E-state index is 0.0503. The van der Waals surface area contributed by atoms with Gasteiger partial charge in [0, 0.05) is 34.2 Å². The number of phenols is 4. The average molecular weight is 288 g/mol. The maximum Gasteiger partial charge on any atom is 0.307 e. The molecule has 21 heavy (non-hydrogen) atoms. The fourth-order valence-electron chi connectivity index (χ4n) is 2.76. The number of aromatic hydroxyl groups is 4. The second-order valence-corrected chi connectivity index (χ2v) is 4.96. The van der Waals surface area contributed by atoms with Gasteiger partial charge < -0.3 is 25.5 Å². The van der Waals surface area contributed by atoms with E-state index in [1.54, 1.807) is 0 Å². The fourth-order valence-corrected chi connectivity index (χ4v) is 2.76. The Morgan fingerprint density at radius 1 is 0.952 bits per heavy atom. The van der Waals surface area contributed by atoms with Crippen molar-refractivity contribution in [2.75, 3.05) is 0 Å². The van der Waals surface area contributed by atoms with Crippen LogP contribution in [0.4, 0.5) is 0 Å². The summed E-state index contributed by atoms with van der Waals surface area (Å²) in [6.45, 7) is 0. The van der Waals surface area contributed by atoms with Gasteiger partial charge in [-0.15, -0.1) is 0 Å². The van der Waals surface area contributed by atoms with Crippen LogP contribution < -0.4 is 0 Å². The molecule has 5 N–H and O–H groups in total. The van der Waals surface area contributed by atoms with Gasteiger partial charge in [0.05, 0.1) is 6.42 Å². The summed E-state index contributed by atoms with van der Waals surface area (Å²) < 4.78 is 0. The molecular formula is C15H12O6. The van der Waals surface area contributed by atoms with E-state index in [4.69, 9.17) is 5.11 Å². The summed E-state index contributed by atoms with van der Waals surface area (Å²) in [7, 11) is 0. The second-order valence-electron chi connectivity index (χ2n) is 4.96. The van der Waals surface area contributed by atoms with Crippen LogP contribution in [0.5, 0.6) is 23.0 Å². The number of phenolic OH excluding ortho intramolecular Hbond substituents is 4. The van der Waals surface area contributed by atoms with Gasteiger partial charge in [-0.2, -0.15) is 0 Å². The van der Waals surface area contributed by atoms with Gasteiger partial charge in [-0.25, -0.2) is 0 Å². The predicted octanol–water partition coefficient (Wildman–Crippen LogP) is 1.71. The zero-order valence-corrected chi connectivity index (χ0v) is 10.8. The quantitative estimate of drug-likeness (QED) is 0.458. The Hall–Kier alpha value is -2.89. The molecule has 0 spiro atoms. The highest BCUT2D eigenvalue weighted by molar-refractivity contribution is 5.90. The van der Waals surface area contributed by atoms with Crippen molar-refractivity contribution >= 4 is 5.97 Å². The van der Waals surface area contributed by atoms with Crippen LogP contribution in [0, 0.1) is 0 Å². The maximum absolute atomic E-state index is 10.8. The van der Waals surface area contributed by atoms with E-state index >= 15 is 0 Å². The van der Waals surface area contributed by atoms with Crippen LogP contribution in [-0.4, -0.2) is 31.5 Å². The number of hydrogen-bond acceptors (Lipinski definition) is 5. The monoisotopic (exact) mass is 288 g/mol. The highest BCUT2D eigenvalue weighted by Gasteiger charge is 2.31. The molecule has 108 valence electrons. The van der Waals surface area contributed by atoms with E-state index in [0.717, 1.165) is 0 Å². The first-order valence-corrected chi connectivity index (χ1v) is 6.22. The molecule has 2 aromatic carbocycles. The molecule has 0 saturated heterocycles. The zero-order valence-electron chi connectivity index (χ0n) is 10.8. The molecule has 6 heteroatoms. The lowest BCUT2D eigenvalue weighted by Crippen LogP contribution is -2.01. The number of benzene rings is 2. The van der Waals surface area contributed by atoms with Crippen molar-refractivity contribution in [2.45, 2.75) is 12.8 Å². The number of aliphatic carboxylic acids is 1. The van der Waals surface area contributed by atoms with Gasteiger partial charge in [-0.1, -0.05) is 0 Å². The lowest BCUT2D eigenvalue weighted by atomic mass is 9.98. The number of fused-ring (bicyclic) bond motifs is 3. The molecule has 0 aliphatic heterocycles. The number of hydrogen-bond donors (Lipinski definition) is 5. The molecule has 1 aliphatic carbocycles. The van der Waals surface area contributed by atoms with Crippen LogP contribution >= 0.6 is 0 Å². The summed E-state index contributed by atoms with van der Waals surface area (Å²) in [4.78, 5) is 10.8. The third-order valence-electron chi connectivity index (χ3n) is 3.67. The maximum atomic E-state index is 10.8. The van der Waals surface area contributed by atoms with Gasteiger partial charge in [0.2, 0.25) is 0 Å². The Morgan fingerprint density at radius 3 is 2.24 bits per heavy atom. The summed E-state index contributed by atoms with van der Waals surface area (Å²) >= 11 is 0. The molecule has 0 heterocycles. The largest absolute Gasteiger partial charge is 0.508 e. The van der Waals surface area contributed by atoms with Gasteiger partial charge in [-0.05, 0) is 18.2 Å². The lowest BCUT2D eigenvalue weighted by Gasteiger charge is -2.11. The molecule has 0 saturated carbocycles. The summed E-state index contributed by atoms with van der Waals surface area (Å²) in [6, 6.07) is 3.80. The summed E-state index contributed by atoms with van der Waals surface area (Å²) in [5, 5.41) is 49.0. The highest BCUT2D eigenvalue weighted by Crippen LogP contribution is 2.53. The molecule has 0 bridgehead atoms. The van der Waals surface area contributed by atoms with Gasteiger partial charge in [-0.3, -0.25) is 4.79 Å². The van der Waals surface area contributed by atoms with Crippen LogP contribution in [0.25, 0.3) is 11.1 Å². The summed E-state index contributed by atoms with van der Waals surface area (Å²) in [5.41, 5.74) is 1.20. The van der Waals surface area contributed by atoms with Crippen LogP contribution in [0.1, 0.15) is 16.7 Å². The summed E-state index contributed by atoms with van der Waals surface area (Å²) in [5.74, 6) is -1.83. The fraction of sp³-hybridized carbons (Fsp3) is 0.133. The Balaban J connectivity index is 2.31. The van der Waals surface area contributed by atoms with Gasteiger partial charge >= 0.3 is 5.97 Å². The van der Waals surface area contributed by atoms with E-state index in [2.05, 4.69) is 0 Å². The summed E-state index contributed by atoms with van der Waals surface area (Å²) in [6.07, 6.45) is -0.306. The molecule has 0 amide bonds. The van der Waals surface area contributed by atoms with E-state index in [1.165, 1.54) is 18.2 Å². The van der Waals surface area contributed by atoms with Crippen LogP contribution in [0.15, 0.2) is 18.2 Å². The Morgan fingerprint density at radius 2 is 1.57 bits per heavy atom. The standard InChI is InChI=1S/C15H12O6/c16-9-1-2-10(17)13-7(9)5-8-11(18)3-6(4-12(19)20)15(21)14(8)13/h1-3,16-18,21H,4-5H2,(H,19,20). The second kappa shape index (κ2) is 4.31. The topological polar surface area (TPSA) is 118 Å². The van der Waals surface area contributed by atoms with Crippen molar-refractivity contribution in [1.29, 1.82) is 0 Å². The molecule has 0 radical (unpaired) electrons. The van der Waals surface area contributed by atoms with E-state index in [1.807, 2.05) is 0 Å². The highest BCUT2D eigenvalue weighted by atomic mass is 16.4. The van der Waals surface area contributed by atoms with Crippen molar-refractivity contribution in [3.05, 3.63) is 34.9 Å². The molecule has 1 aliphatic rings. The Labute approximate surface area is 119 Å². The van der Waals surface area contributed by atoms with E-state index in [-0.39, 0.29) is 46.1 Å². The smallest absolute Gasteiger partial charge is 0.307 e. The number of carboxylic acid groups (broad SMARTS) is 1. The molecule has 0 fully saturated rings. The molecule has 3 rings (SSSR count). The van der Waals surface area contributed by atoms with Crippen LogP contribution in [-0.2, 0) is 17.6 Å². The first-order valence-electron chi connectivity index (χ1n) is 6.22. The van der Waals surface area contributed by atoms with Crippen molar-refractivity contribution in [3.63, 3.8) is 0 Å². The van der Waals surface area contributed by atoms with E-state index in [9.17, 15) is 25.2 Å². The molecule has 0 aromatic heterocycles. The first kappa shape index (κ1) is 13.1. The van der Waals surface area contributed by atoms with Crippen LogP contribution in [0.2, 0.25) is 0 Å².